The Balaban J connectivity index is 2.14. The molecule has 0 aromatic heterocycles. The minimum absolute atomic E-state index is 0.807. The van der Waals surface area contributed by atoms with Crippen molar-refractivity contribution in [3.8, 4) is 12.3 Å². The van der Waals surface area contributed by atoms with Gasteiger partial charge in [-0.2, -0.15) is 0 Å². The average Bonchev–Trinajstić information content (AvgIpc) is 2.25. The number of terminal acetylenes is 1. The van der Waals surface area contributed by atoms with Crippen LogP contribution >= 0.6 is 0 Å². The Bertz CT molecular complexity index is 177. The number of nitrogens with one attached hydrogen (secondary N) is 1. The van der Waals surface area contributed by atoms with Gasteiger partial charge in [0.2, 0.25) is 0 Å². The van der Waals surface area contributed by atoms with E-state index in [-0.39, 0.29) is 0 Å². The monoisotopic (exact) mass is 194 g/mol. The summed E-state index contributed by atoms with van der Waals surface area (Å²) in [5.41, 5.74) is 0. The first-order chi connectivity index (χ1) is 6.86. The van der Waals surface area contributed by atoms with Crippen LogP contribution in [-0.2, 0) is 0 Å². The summed E-state index contributed by atoms with van der Waals surface area (Å²) < 4.78 is 0. The molecule has 0 unspecified atom stereocenters. The van der Waals surface area contributed by atoms with Gasteiger partial charge in [-0.1, -0.05) is 12.8 Å². The van der Waals surface area contributed by atoms with E-state index >= 15 is 0 Å². The van der Waals surface area contributed by atoms with Gasteiger partial charge in [0.25, 0.3) is 0 Å². The molecule has 1 fully saturated rings. The van der Waals surface area contributed by atoms with E-state index < -0.39 is 0 Å². The van der Waals surface area contributed by atoms with Crippen LogP contribution in [0.2, 0.25) is 0 Å². The number of piperidine rings is 1. The van der Waals surface area contributed by atoms with Gasteiger partial charge in [-0.05, 0) is 51.4 Å². The first-order valence-corrected chi connectivity index (χ1v) is 5.73. The molecule has 2 nitrogen and oxygen atoms in total. The van der Waals surface area contributed by atoms with E-state index in [0.29, 0.717) is 0 Å². The van der Waals surface area contributed by atoms with Crippen molar-refractivity contribution in [2.75, 3.05) is 32.7 Å². The van der Waals surface area contributed by atoms with Crippen LogP contribution in [0.4, 0.5) is 0 Å². The van der Waals surface area contributed by atoms with Gasteiger partial charge >= 0.3 is 0 Å². The second-order valence-electron chi connectivity index (χ2n) is 4.05. The van der Waals surface area contributed by atoms with Crippen molar-refractivity contribution in [3.05, 3.63) is 0 Å². The van der Waals surface area contributed by atoms with Gasteiger partial charge in [-0.15, -0.1) is 6.42 Å². The Morgan fingerprint density at radius 3 is 2.71 bits per heavy atom. The highest BCUT2D eigenvalue weighted by Crippen LogP contribution is 2.15. The average molecular weight is 194 g/mol. The van der Waals surface area contributed by atoms with Crippen LogP contribution in [0.25, 0.3) is 0 Å². The summed E-state index contributed by atoms with van der Waals surface area (Å²) in [6.07, 6.45) is 9.31. The van der Waals surface area contributed by atoms with Crippen LogP contribution in [0, 0.1) is 18.3 Å². The maximum Gasteiger partial charge on any atom is 0.0598 e. The number of hydrogen-bond acceptors (Lipinski definition) is 2. The molecular formula is C12H22N2. The summed E-state index contributed by atoms with van der Waals surface area (Å²) in [5, 5.41) is 3.40. The molecule has 1 N–H and O–H groups in total. The standard InChI is InChI=1S/C12H22N2/c1-3-10-14(4-2)11-7-12-5-8-13-9-6-12/h1,12-13H,4-11H2,2H3. The van der Waals surface area contributed by atoms with Crippen molar-refractivity contribution in [2.24, 2.45) is 5.92 Å². The predicted octanol–water partition coefficient (Wildman–Crippen LogP) is 1.33. The Hall–Kier alpha value is -0.520. The first-order valence-electron chi connectivity index (χ1n) is 5.73. The van der Waals surface area contributed by atoms with Crippen molar-refractivity contribution >= 4 is 0 Å². The van der Waals surface area contributed by atoms with E-state index in [9.17, 15) is 0 Å². The Kier molecular flexibility index (Phi) is 5.66. The third kappa shape index (κ3) is 4.13. The highest BCUT2D eigenvalue weighted by Gasteiger charge is 2.13. The van der Waals surface area contributed by atoms with E-state index in [2.05, 4.69) is 23.1 Å². The maximum absolute atomic E-state index is 5.31. The Morgan fingerprint density at radius 2 is 2.14 bits per heavy atom. The SMILES string of the molecule is C#CCN(CC)CCC1CCNCC1. The lowest BCUT2D eigenvalue weighted by Crippen LogP contribution is -2.31. The molecule has 1 saturated heterocycles. The van der Waals surface area contributed by atoms with E-state index in [0.717, 1.165) is 19.0 Å². The van der Waals surface area contributed by atoms with E-state index in [1.807, 2.05) is 0 Å². The zero-order valence-corrected chi connectivity index (χ0v) is 9.26. The smallest absolute Gasteiger partial charge is 0.0598 e. The Labute approximate surface area is 88.1 Å². The second-order valence-corrected chi connectivity index (χ2v) is 4.05. The highest BCUT2D eigenvalue weighted by molar-refractivity contribution is 4.88. The fourth-order valence-electron chi connectivity index (χ4n) is 2.01. The molecule has 1 aliphatic rings. The first kappa shape index (κ1) is 11.6. The fraction of sp³-hybridized carbons (Fsp3) is 0.833. The van der Waals surface area contributed by atoms with Gasteiger partial charge in [0, 0.05) is 0 Å². The molecular weight excluding hydrogens is 172 g/mol. The minimum atomic E-state index is 0.807. The predicted molar refractivity (Wildman–Crippen MR) is 61.2 cm³/mol. The van der Waals surface area contributed by atoms with Crippen molar-refractivity contribution in [1.82, 2.24) is 10.2 Å². The van der Waals surface area contributed by atoms with Crippen molar-refractivity contribution in [1.29, 1.82) is 0 Å². The highest BCUT2D eigenvalue weighted by atomic mass is 15.1. The molecule has 1 aliphatic heterocycles. The third-order valence-corrected chi connectivity index (χ3v) is 3.07. The molecule has 0 aliphatic carbocycles. The summed E-state index contributed by atoms with van der Waals surface area (Å²) in [6.45, 7) is 7.64. The zero-order chi connectivity index (χ0) is 10.2. The molecule has 0 bridgehead atoms. The summed E-state index contributed by atoms with van der Waals surface area (Å²) in [6, 6.07) is 0. The molecule has 0 amide bonds. The van der Waals surface area contributed by atoms with Crippen LogP contribution in [0.3, 0.4) is 0 Å². The van der Waals surface area contributed by atoms with Crippen LogP contribution in [0.5, 0.6) is 0 Å². The van der Waals surface area contributed by atoms with E-state index in [4.69, 9.17) is 6.42 Å². The molecule has 0 aromatic rings. The molecule has 0 atom stereocenters. The van der Waals surface area contributed by atoms with Gasteiger partial charge < -0.3 is 5.32 Å². The fourth-order valence-corrected chi connectivity index (χ4v) is 2.01. The largest absolute Gasteiger partial charge is 0.317 e. The molecule has 1 heterocycles. The second kappa shape index (κ2) is 6.86. The van der Waals surface area contributed by atoms with Crippen molar-refractivity contribution in [2.45, 2.75) is 26.2 Å². The lowest BCUT2D eigenvalue weighted by molar-refractivity contribution is 0.264. The summed E-state index contributed by atoms with van der Waals surface area (Å²) >= 11 is 0. The molecule has 0 radical (unpaired) electrons. The molecule has 1 rings (SSSR count). The summed E-state index contributed by atoms with van der Waals surface area (Å²) in [4.78, 5) is 2.35. The minimum Gasteiger partial charge on any atom is -0.317 e. The van der Waals surface area contributed by atoms with Crippen LogP contribution in [-0.4, -0.2) is 37.6 Å². The molecule has 14 heavy (non-hydrogen) atoms. The topological polar surface area (TPSA) is 15.3 Å². The zero-order valence-electron chi connectivity index (χ0n) is 9.26. The molecule has 2 heteroatoms. The van der Waals surface area contributed by atoms with Crippen molar-refractivity contribution in [3.63, 3.8) is 0 Å². The van der Waals surface area contributed by atoms with Crippen LogP contribution < -0.4 is 5.32 Å². The Morgan fingerprint density at radius 1 is 1.43 bits per heavy atom. The van der Waals surface area contributed by atoms with Gasteiger partial charge in [0.15, 0.2) is 0 Å². The van der Waals surface area contributed by atoms with Gasteiger partial charge in [-0.25, -0.2) is 0 Å². The normalized spacial score (nSPS) is 18.4. The lowest BCUT2D eigenvalue weighted by Gasteiger charge is -2.25. The number of nitrogens with zero attached hydrogens (tertiary/aromatic N) is 1. The molecule has 0 saturated carbocycles. The van der Waals surface area contributed by atoms with Crippen LogP contribution in [0.15, 0.2) is 0 Å². The van der Waals surface area contributed by atoms with Gasteiger partial charge in [0.05, 0.1) is 6.54 Å². The van der Waals surface area contributed by atoms with E-state index in [1.165, 1.54) is 38.9 Å². The summed E-state index contributed by atoms with van der Waals surface area (Å²) in [5.74, 6) is 3.64. The van der Waals surface area contributed by atoms with Crippen LogP contribution in [0.1, 0.15) is 26.2 Å². The third-order valence-electron chi connectivity index (χ3n) is 3.07. The molecule has 0 aromatic carbocycles. The van der Waals surface area contributed by atoms with E-state index in [1.54, 1.807) is 0 Å². The van der Waals surface area contributed by atoms with Crippen molar-refractivity contribution < 1.29 is 0 Å². The maximum atomic E-state index is 5.31. The number of rotatable bonds is 5. The number of hydrogen-bond donors (Lipinski definition) is 1. The van der Waals surface area contributed by atoms with Gasteiger partial charge in [-0.3, -0.25) is 4.90 Å². The lowest BCUT2D eigenvalue weighted by atomic mass is 9.94. The van der Waals surface area contributed by atoms with Gasteiger partial charge in [0.1, 0.15) is 0 Å². The molecule has 80 valence electrons. The molecule has 0 spiro atoms. The quantitative estimate of drug-likeness (QED) is 0.664. The summed E-state index contributed by atoms with van der Waals surface area (Å²) in [7, 11) is 0.